The normalized spacial score (nSPS) is 18.7. The molecule has 0 aliphatic carbocycles. The molecular weight excluding hydrogens is 415 g/mol. The number of benzene rings is 1. The Morgan fingerprint density at radius 1 is 1.45 bits per heavy atom. The molecule has 1 N–H and O–H groups in total. The largest absolute Gasteiger partial charge is 0.465 e. The van der Waals surface area contributed by atoms with Crippen LogP contribution < -0.4 is 5.32 Å². The number of nitrogens with one attached hydrogen (secondary N) is 1. The van der Waals surface area contributed by atoms with Gasteiger partial charge in [0.05, 0.1) is 18.8 Å². The zero-order valence-electron chi connectivity index (χ0n) is 12.4. The average Bonchev–Trinajstić information content (AvgIpc) is 2.50. The maximum atomic E-state index is 12.2. The lowest BCUT2D eigenvalue weighted by atomic mass is 10.2. The molecule has 1 saturated heterocycles. The zero-order valence-corrected chi connectivity index (χ0v) is 15.4. The number of carbonyl (C=O) groups is 2. The summed E-state index contributed by atoms with van der Waals surface area (Å²) >= 11 is 3.90. The van der Waals surface area contributed by atoms with E-state index >= 15 is 0 Å². The molecule has 0 spiro atoms. The second kappa shape index (κ2) is 8.73. The number of amides is 1. The van der Waals surface area contributed by atoms with Crippen molar-refractivity contribution in [3.63, 3.8) is 0 Å². The smallest absolute Gasteiger partial charge is 0.324 e. The lowest BCUT2D eigenvalue weighted by molar-refractivity contribution is -0.148. The number of thioether (sulfide) groups is 1. The van der Waals surface area contributed by atoms with Crippen LogP contribution in [0.4, 0.5) is 5.69 Å². The molecule has 0 bridgehead atoms. The average molecular weight is 434 g/mol. The second-order valence-electron chi connectivity index (χ2n) is 4.84. The maximum absolute atomic E-state index is 12.2. The molecule has 1 fully saturated rings. The highest BCUT2D eigenvalue weighted by molar-refractivity contribution is 14.1. The first-order chi connectivity index (χ1) is 10.6. The molecule has 0 radical (unpaired) electrons. The third kappa shape index (κ3) is 4.85. The minimum absolute atomic E-state index is 0.106. The Hall–Kier alpha value is -0.800. The number of rotatable bonds is 5. The van der Waals surface area contributed by atoms with Gasteiger partial charge >= 0.3 is 5.97 Å². The number of para-hydroxylation sites is 1. The van der Waals surface area contributed by atoms with Gasteiger partial charge in [-0.2, -0.15) is 11.8 Å². The molecule has 5 nitrogen and oxygen atoms in total. The van der Waals surface area contributed by atoms with Gasteiger partial charge in [0.2, 0.25) is 5.91 Å². The number of nitrogens with zero attached hydrogens (tertiary/aromatic N) is 1. The van der Waals surface area contributed by atoms with Crippen LogP contribution in [0.1, 0.15) is 6.92 Å². The van der Waals surface area contributed by atoms with Crippen molar-refractivity contribution in [2.75, 3.05) is 36.5 Å². The van der Waals surface area contributed by atoms with E-state index in [9.17, 15) is 9.59 Å². The number of halogens is 1. The zero-order chi connectivity index (χ0) is 15.9. The Balaban J connectivity index is 1.96. The first-order valence-electron chi connectivity index (χ1n) is 7.14. The molecule has 1 aromatic rings. The van der Waals surface area contributed by atoms with Crippen LogP contribution in [0.2, 0.25) is 0 Å². The van der Waals surface area contributed by atoms with Crippen LogP contribution in [0.5, 0.6) is 0 Å². The van der Waals surface area contributed by atoms with Crippen molar-refractivity contribution in [2.45, 2.75) is 13.0 Å². The topological polar surface area (TPSA) is 58.6 Å². The number of hydrogen-bond acceptors (Lipinski definition) is 5. The lowest BCUT2D eigenvalue weighted by Crippen LogP contribution is -2.50. The quantitative estimate of drug-likeness (QED) is 0.569. The Morgan fingerprint density at radius 2 is 2.23 bits per heavy atom. The number of esters is 1. The molecular formula is C15H19IN2O3S. The fourth-order valence-corrected chi connectivity index (χ4v) is 3.84. The fourth-order valence-electron chi connectivity index (χ4n) is 2.22. The highest BCUT2D eigenvalue weighted by atomic mass is 127. The molecule has 7 heteroatoms. The highest BCUT2D eigenvalue weighted by Crippen LogP contribution is 2.19. The van der Waals surface area contributed by atoms with Crippen molar-refractivity contribution in [3.05, 3.63) is 27.8 Å². The van der Waals surface area contributed by atoms with Gasteiger partial charge < -0.3 is 10.1 Å². The minimum atomic E-state index is -0.334. The molecule has 1 aromatic carbocycles. The second-order valence-corrected chi connectivity index (χ2v) is 7.15. The predicted molar refractivity (Wildman–Crippen MR) is 97.1 cm³/mol. The van der Waals surface area contributed by atoms with Crippen molar-refractivity contribution in [1.82, 2.24) is 4.90 Å². The molecule has 1 amide bonds. The third-order valence-electron chi connectivity index (χ3n) is 3.29. The molecule has 2 rings (SSSR count). The molecule has 1 aliphatic heterocycles. The molecule has 1 aliphatic rings. The number of anilines is 1. The van der Waals surface area contributed by atoms with Crippen LogP contribution in [0.25, 0.3) is 0 Å². The summed E-state index contributed by atoms with van der Waals surface area (Å²) in [6.45, 7) is 3.08. The fraction of sp³-hybridized carbons (Fsp3) is 0.467. The van der Waals surface area contributed by atoms with Gasteiger partial charge in [0.15, 0.2) is 0 Å². The van der Waals surface area contributed by atoms with Crippen molar-refractivity contribution >= 4 is 51.9 Å². The van der Waals surface area contributed by atoms with Crippen molar-refractivity contribution in [2.24, 2.45) is 0 Å². The van der Waals surface area contributed by atoms with Crippen LogP contribution in [-0.2, 0) is 14.3 Å². The van der Waals surface area contributed by atoms with E-state index in [2.05, 4.69) is 27.9 Å². The maximum Gasteiger partial charge on any atom is 0.324 e. The summed E-state index contributed by atoms with van der Waals surface area (Å²) in [6, 6.07) is 7.29. The van der Waals surface area contributed by atoms with Gasteiger partial charge in [-0.15, -0.1) is 0 Å². The Kier molecular flexibility index (Phi) is 6.97. The first-order valence-corrected chi connectivity index (χ1v) is 9.38. The van der Waals surface area contributed by atoms with E-state index in [0.29, 0.717) is 18.9 Å². The number of ether oxygens (including phenoxy) is 1. The number of carbonyl (C=O) groups excluding carboxylic acids is 2. The molecule has 120 valence electrons. The monoisotopic (exact) mass is 434 g/mol. The minimum Gasteiger partial charge on any atom is -0.465 e. The Bertz CT molecular complexity index is 541. The van der Waals surface area contributed by atoms with Gasteiger partial charge in [0.25, 0.3) is 0 Å². The van der Waals surface area contributed by atoms with Crippen molar-refractivity contribution < 1.29 is 14.3 Å². The van der Waals surface area contributed by atoms with Crippen LogP contribution in [0, 0.1) is 3.57 Å². The standard InChI is InChI=1S/C15H19IN2O3S/c1-2-21-15(20)13-10-22-8-7-18(13)9-14(19)17-12-6-4-3-5-11(12)16/h3-6,13H,2,7-10H2,1H3,(H,17,19)/t13-/m0/s1. The molecule has 0 aromatic heterocycles. The lowest BCUT2D eigenvalue weighted by Gasteiger charge is -2.32. The summed E-state index contributed by atoms with van der Waals surface area (Å²) in [5, 5.41) is 2.90. The van der Waals surface area contributed by atoms with E-state index in [1.807, 2.05) is 29.2 Å². The van der Waals surface area contributed by atoms with E-state index in [0.717, 1.165) is 15.0 Å². The van der Waals surface area contributed by atoms with E-state index in [1.54, 1.807) is 18.7 Å². The predicted octanol–water partition coefficient (Wildman–Crippen LogP) is 2.21. The van der Waals surface area contributed by atoms with E-state index in [1.165, 1.54) is 0 Å². The molecule has 22 heavy (non-hydrogen) atoms. The van der Waals surface area contributed by atoms with Crippen molar-refractivity contribution in [1.29, 1.82) is 0 Å². The van der Waals surface area contributed by atoms with E-state index < -0.39 is 0 Å². The van der Waals surface area contributed by atoms with Crippen LogP contribution >= 0.6 is 34.4 Å². The number of hydrogen-bond donors (Lipinski definition) is 1. The summed E-state index contributed by atoms with van der Waals surface area (Å²) < 4.78 is 6.09. The summed E-state index contributed by atoms with van der Waals surface area (Å²) in [4.78, 5) is 26.1. The van der Waals surface area contributed by atoms with Gasteiger partial charge in [0, 0.05) is 21.6 Å². The molecule has 1 heterocycles. The Morgan fingerprint density at radius 3 is 2.95 bits per heavy atom. The molecule has 0 saturated carbocycles. The summed E-state index contributed by atoms with van der Waals surface area (Å²) in [5.41, 5.74) is 0.798. The van der Waals surface area contributed by atoms with Gasteiger partial charge in [-0.3, -0.25) is 14.5 Å². The summed E-state index contributed by atoms with van der Waals surface area (Å²) in [6.07, 6.45) is 0. The van der Waals surface area contributed by atoms with Gasteiger partial charge in [0.1, 0.15) is 6.04 Å². The van der Waals surface area contributed by atoms with Gasteiger partial charge in [-0.1, -0.05) is 12.1 Å². The first kappa shape index (κ1) is 17.6. The summed E-state index contributed by atoms with van der Waals surface area (Å²) in [5.74, 6) is 1.25. The SMILES string of the molecule is CCOC(=O)[C@@H]1CSCCN1CC(=O)Nc1ccccc1I. The highest BCUT2D eigenvalue weighted by Gasteiger charge is 2.31. The van der Waals surface area contributed by atoms with Crippen LogP contribution in [0.15, 0.2) is 24.3 Å². The van der Waals surface area contributed by atoms with Gasteiger partial charge in [-0.25, -0.2) is 0 Å². The van der Waals surface area contributed by atoms with Gasteiger partial charge in [-0.05, 0) is 41.6 Å². The molecule has 1 atom stereocenters. The van der Waals surface area contributed by atoms with Crippen molar-refractivity contribution in [3.8, 4) is 0 Å². The van der Waals surface area contributed by atoms with Crippen LogP contribution in [-0.4, -0.2) is 54.0 Å². The Labute approximate surface area is 148 Å². The van der Waals surface area contributed by atoms with E-state index in [-0.39, 0.29) is 24.5 Å². The molecule has 0 unspecified atom stereocenters. The van der Waals surface area contributed by atoms with E-state index in [4.69, 9.17) is 4.74 Å². The van der Waals surface area contributed by atoms with Crippen LogP contribution in [0.3, 0.4) is 0 Å². The summed E-state index contributed by atoms with van der Waals surface area (Å²) in [7, 11) is 0. The third-order valence-corrected chi connectivity index (χ3v) is 5.26.